The van der Waals surface area contributed by atoms with Crippen LogP contribution in [0, 0.1) is 0 Å². The molecule has 0 aromatic carbocycles. The van der Waals surface area contributed by atoms with Crippen LogP contribution in [0.2, 0.25) is 5.22 Å². The minimum atomic E-state index is -4.65. The fourth-order valence-corrected chi connectivity index (χ4v) is 1.06. The third kappa shape index (κ3) is 2.10. The predicted molar refractivity (Wildman–Crippen MR) is 43.9 cm³/mol. The number of aliphatic hydroxyl groups is 1. The first-order valence-corrected chi connectivity index (χ1v) is 3.88. The normalized spacial score (nSPS) is 14.1. The van der Waals surface area contributed by atoms with Gasteiger partial charge in [0.05, 0.1) is 11.8 Å². The maximum Gasteiger partial charge on any atom is 0.414 e. The molecule has 1 unspecified atom stereocenters. The van der Waals surface area contributed by atoms with Crippen molar-refractivity contribution in [3.8, 4) is 0 Å². The highest BCUT2D eigenvalue weighted by Gasteiger charge is 2.38. The van der Waals surface area contributed by atoms with Gasteiger partial charge in [-0.3, -0.25) is 0 Å². The minimum Gasteiger partial charge on any atom is -0.453 e. The monoisotopic (exact) mass is 226 g/mol. The van der Waals surface area contributed by atoms with Crippen LogP contribution >= 0.6 is 11.6 Å². The highest BCUT2D eigenvalue weighted by molar-refractivity contribution is 6.29. The van der Waals surface area contributed by atoms with Gasteiger partial charge in [0.1, 0.15) is 6.10 Å². The molecule has 1 heterocycles. The van der Waals surface area contributed by atoms with E-state index in [2.05, 4.69) is 11.0 Å². The van der Waals surface area contributed by atoms with Crippen LogP contribution in [-0.2, 0) is 0 Å². The number of rotatable bonds is 2. The summed E-state index contributed by atoms with van der Waals surface area (Å²) >= 11 is 5.39. The summed E-state index contributed by atoms with van der Waals surface area (Å²) in [5, 5.41) is 8.96. The summed E-state index contributed by atoms with van der Waals surface area (Å²) < 4.78 is 40.8. The lowest BCUT2D eigenvalue weighted by Gasteiger charge is -2.15. The van der Waals surface area contributed by atoms with Gasteiger partial charge in [-0.1, -0.05) is 6.58 Å². The zero-order valence-electron chi connectivity index (χ0n) is 6.81. The van der Waals surface area contributed by atoms with E-state index < -0.39 is 17.9 Å². The van der Waals surface area contributed by atoms with Gasteiger partial charge in [-0.15, -0.1) is 0 Å². The molecule has 1 rings (SSSR count). The second kappa shape index (κ2) is 3.67. The van der Waals surface area contributed by atoms with Crippen molar-refractivity contribution in [1.29, 1.82) is 0 Å². The summed E-state index contributed by atoms with van der Waals surface area (Å²) in [5.41, 5.74) is -1.42. The van der Waals surface area contributed by atoms with E-state index in [0.29, 0.717) is 0 Å². The Morgan fingerprint density at radius 1 is 1.57 bits per heavy atom. The summed E-state index contributed by atoms with van der Waals surface area (Å²) in [5.74, 6) is 0. The van der Waals surface area contributed by atoms with E-state index in [-0.39, 0.29) is 10.8 Å². The average Bonchev–Trinajstić information content (AvgIpc) is 2.47. The Morgan fingerprint density at radius 3 is 2.50 bits per heavy atom. The van der Waals surface area contributed by atoms with E-state index >= 15 is 0 Å². The first-order chi connectivity index (χ1) is 6.34. The molecule has 78 valence electrons. The van der Waals surface area contributed by atoms with Gasteiger partial charge >= 0.3 is 6.18 Å². The third-order valence-electron chi connectivity index (χ3n) is 1.63. The number of hydrogen-bond acceptors (Lipinski definition) is 2. The van der Waals surface area contributed by atoms with Gasteiger partial charge in [-0.25, -0.2) is 0 Å². The van der Waals surface area contributed by atoms with E-state index in [9.17, 15) is 18.3 Å². The second-order valence-electron chi connectivity index (χ2n) is 2.58. The zero-order chi connectivity index (χ0) is 10.9. The van der Waals surface area contributed by atoms with Crippen LogP contribution < -0.4 is 0 Å². The molecule has 0 saturated heterocycles. The van der Waals surface area contributed by atoms with Crippen molar-refractivity contribution in [2.45, 2.75) is 12.3 Å². The molecule has 0 aliphatic rings. The van der Waals surface area contributed by atoms with Gasteiger partial charge in [-0.05, 0) is 17.7 Å². The molecule has 0 amide bonds. The fourth-order valence-electron chi connectivity index (χ4n) is 0.842. The molecule has 0 spiro atoms. The maximum absolute atomic E-state index is 12.1. The zero-order valence-corrected chi connectivity index (χ0v) is 7.56. The Morgan fingerprint density at radius 2 is 2.14 bits per heavy atom. The van der Waals surface area contributed by atoms with Crippen molar-refractivity contribution in [3.05, 3.63) is 35.3 Å². The predicted octanol–water partition coefficient (Wildman–Crippen LogP) is 3.08. The molecule has 2 nitrogen and oxygen atoms in total. The molecule has 1 atom stereocenters. The van der Waals surface area contributed by atoms with Crippen molar-refractivity contribution in [1.82, 2.24) is 0 Å². The standard InChI is InChI=1S/C8H6ClF3O2/c1-4(8(10,11)12)6(13)5-2-3-14-7(5)9/h2-3,6,13H,1H2. The average molecular weight is 227 g/mol. The number of alkyl halides is 3. The van der Waals surface area contributed by atoms with Crippen molar-refractivity contribution in [2.75, 3.05) is 0 Å². The minimum absolute atomic E-state index is 0.144. The fraction of sp³-hybridized carbons (Fsp3) is 0.250. The molecule has 14 heavy (non-hydrogen) atoms. The van der Waals surface area contributed by atoms with E-state index in [1.807, 2.05) is 0 Å². The van der Waals surface area contributed by atoms with Crippen LogP contribution in [0.25, 0.3) is 0 Å². The highest BCUT2D eigenvalue weighted by atomic mass is 35.5. The molecular formula is C8H6ClF3O2. The lowest BCUT2D eigenvalue weighted by atomic mass is 10.1. The van der Waals surface area contributed by atoms with Crippen molar-refractivity contribution in [3.63, 3.8) is 0 Å². The number of aliphatic hydroxyl groups excluding tert-OH is 1. The first kappa shape index (κ1) is 11.1. The van der Waals surface area contributed by atoms with Gasteiger partial charge < -0.3 is 9.52 Å². The van der Waals surface area contributed by atoms with Crippen molar-refractivity contribution < 1.29 is 22.7 Å². The topological polar surface area (TPSA) is 33.4 Å². The van der Waals surface area contributed by atoms with Gasteiger partial charge in [0, 0.05) is 5.56 Å². The van der Waals surface area contributed by atoms with Crippen LogP contribution in [0.5, 0.6) is 0 Å². The third-order valence-corrected chi connectivity index (χ3v) is 1.94. The first-order valence-electron chi connectivity index (χ1n) is 3.51. The summed E-state index contributed by atoms with van der Waals surface area (Å²) in [6.07, 6.45) is -5.45. The molecule has 1 N–H and O–H groups in total. The number of furan rings is 1. The quantitative estimate of drug-likeness (QED) is 0.786. The van der Waals surface area contributed by atoms with Crippen LogP contribution in [0.1, 0.15) is 11.7 Å². The maximum atomic E-state index is 12.1. The molecular weight excluding hydrogens is 221 g/mol. The molecule has 1 aromatic rings. The second-order valence-corrected chi connectivity index (χ2v) is 2.92. The molecule has 0 saturated carbocycles. The van der Waals surface area contributed by atoms with Crippen molar-refractivity contribution >= 4 is 11.6 Å². The Bertz CT molecular complexity index is 343. The molecule has 0 aliphatic carbocycles. The van der Waals surface area contributed by atoms with Gasteiger partial charge in [-0.2, -0.15) is 13.2 Å². The number of hydrogen-bond donors (Lipinski definition) is 1. The van der Waals surface area contributed by atoms with E-state index in [0.717, 1.165) is 12.3 Å². The Kier molecular flexibility index (Phi) is 2.92. The number of halogens is 4. The largest absolute Gasteiger partial charge is 0.453 e. The smallest absolute Gasteiger partial charge is 0.414 e. The van der Waals surface area contributed by atoms with E-state index in [1.165, 1.54) is 0 Å². The van der Waals surface area contributed by atoms with Gasteiger partial charge in [0.15, 0.2) is 5.22 Å². The summed E-state index contributed by atoms with van der Waals surface area (Å²) in [4.78, 5) is 0. The Hall–Kier alpha value is -0.940. The Labute approximate surface area is 82.6 Å². The van der Waals surface area contributed by atoms with Gasteiger partial charge in [0.25, 0.3) is 0 Å². The Balaban J connectivity index is 2.92. The molecule has 0 radical (unpaired) electrons. The molecule has 1 aromatic heterocycles. The summed E-state index contributed by atoms with van der Waals surface area (Å²) in [6.45, 7) is 2.75. The lowest BCUT2D eigenvalue weighted by molar-refractivity contribution is -0.105. The lowest BCUT2D eigenvalue weighted by Crippen LogP contribution is -2.17. The molecule has 0 fully saturated rings. The van der Waals surface area contributed by atoms with Crippen LogP contribution in [0.3, 0.4) is 0 Å². The van der Waals surface area contributed by atoms with Crippen LogP contribution in [0.4, 0.5) is 13.2 Å². The van der Waals surface area contributed by atoms with Gasteiger partial charge in [0.2, 0.25) is 0 Å². The van der Waals surface area contributed by atoms with Crippen LogP contribution in [-0.4, -0.2) is 11.3 Å². The summed E-state index contributed by atoms with van der Waals surface area (Å²) in [7, 11) is 0. The van der Waals surface area contributed by atoms with E-state index in [1.54, 1.807) is 0 Å². The summed E-state index contributed by atoms with van der Waals surface area (Å²) in [6, 6.07) is 1.16. The van der Waals surface area contributed by atoms with Crippen LogP contribution in [0.15, 0.2) is 28.9 Å². The molecule has 0 aliphatic heterocycles. The molecule has 6 heteroatoms. The van der Waals surface area contributed by atoms with Crippen molar-refractivity contribution in [2.24, 2.45) is 0 Å². The van der Waals surface area contributed by atoms with E-state index in [4.69, 9.17) is 11.6 Å². The molecule has 0 bridgehead atoms. The SMILES string of the molecule is C=C(C(O)c1ccoc1Cl)C(F)(F)F. The highest BCUT2D eigenvalue weighted by Crippen LogP contribution is 2.36.